The van der Waals surface area contributed by atoms with Crippen molar-refractivity contribution in [3.05, 3.63) is 65.7 Å². The van der Waals surface area contributed by atoms with E-state index in [2.05, 4.69) is 10.6 Å². The number of nitrogens with one attached hydrogen (secondary N) is 2. The Morgan fingerprint density at radius 1 is 1.22 bits per heavy atom. The highest BCUT2D eigenvalue weighted by Crippen LogP contribution is 2.31. The molecule has 1 fully saturated rings. The van der Waals surface area contributed by atoms with Crippen LogP contribution in [0, 0.1) is 0 Å². The van der Waals surface area contributed by atoms with Crippen molar-refractivity contribution in [2.45, 2.75) is 37.3 Å². The molecule has 0 radical (unpaired) electrons. The molecule has 2 aromatic carbocycles. The maximum atomic E-state index is 12.7. The first-order valence-electron chi connectivity index (χ1n) is 9.52. The second-order valence-electron chi connectivity index (χ2n) is 7.06. The van der Waals surface area contributed by atoms with E-state index in [4.69, 9.17) is 4.74 Å². The summed E-state index contributed by atoms with van der Waals surface area (Å²) in [6, 6.07) is 17.7. The van der Waals surface area contributed by atoms with Crippen LogP contribution in [0.1, 0.15) is 30.4 Å². The smallest absolute Gasteiger partial charge is 0.220 e. The summed E-state index contributed by atoms with van der Waals surface area (Å²) in [5, 5.41) is 17.0. The van der Waals surface area contributed by atoms with Crippen LogP contribution in [0.15, 0.2) is 54.6 Å². The predicted molar refractivity (Wildman–Crippen MR) is 106 cm³/mol. The van der Waals surface area contributed by atoms with E-state index in [9.17, 15) is 9.90 Å². The zero-order valence-corrected chi connectivity index (χ0v) is 15.8. The molecule has 0 spiro atoms. The summed E-state index contributed by atoms with van der Waals surface area (Å²) in [4.78, 5) is 12.7. The summed E-state index contributed by atoms with van der Waals surface area (Å²) < 4.78 is 5.17. The fourth-order valence-corrected chi connectivity index (χ4v) is 3.71. The molecule has 0 unspecified atom stereocenters. The second kappa shape index (κ2) is 9.02. The van der Waals surface area contributed by atoms with Gasteiger partial charge < -0.3 is 20.5 Å². The Morgan fingerprint density at radius 3 is 2.63 bits per heavy atom. The quantitative estimate of drug-likeness (QED) is 0.702. The largest absolute Gasteiger partial charge is 0.497 e. The average molecular weight is 368 g/mol. The zero-order chi connectivity index (χ0) is 19.1. The van der Waals surface area contributed by atoms with E-state index in [1.165, 1.54) is 5.56 Å². The van der Waals surface area contributed by atoms with Gasteiger partial charge in [-0.1, -0.05) is 42.5 Å². The van der Waals surface area contributed by atoms with E-state index in [0.29, 0.717) is 19.4 Å². The monoisotopic (exact) mass is 368 g/mol. The number of ether oxygens (including phenoxy) is 1. The summed E-state index contributed by atoms with van der Waals surface area (Å²) in [5.74, 6) is 0.814. The number of carbonyl (C=O) groups excluding carboxylic acids is 1. The molecular weight excluding hydrogens is 340 g/mol. The topological polar surface area (TPSA) is 70.6 Å². The molecule has 1 saturated heterocycles. The van der Waals surface area contributed by atoms with Crippen LogP contribution in [0.5, 0.6) is 5.75 Å². The van der Waals surface area contributed by atoms with Gasteiger partial charge in [-0.05, 0) is 49.1 Å². The molecule has 1 aliphatic heterocycles. The molecule has 0 saturated carbocycles. The molecule has 0 bridgehead atoms. The highest BCUT2D eigenvalue weighted by atomic mass is 16.5. The van der Waals surface area contributed by atoms with Gasteiger partial charge in [0.15, 0.2) is 0 Å². The molecule has 5 nitrogen and oxygen atoms in total. The number of aliphatic hydroxyl groups is 1. The van der Waals surface area contributed by atoms with Crippen molar-refractivity contribution in [3.8, 4) is 5.75 Å². The van der Waals surface area contributed by atoms with Gasteiger partial charge in [-0.3, -0.25) is 4.79 Å². The Kier molecular flexibility index (Phi) is 6.48. The molecule has 144 valence electrons. The third-order valence-electron chi connectivity index (χ3n) is 5.28. The van der Waals surface area contributed by atoms with Crippen molar-refractivity contribution < 1.29 is 14.6 Å². The first-order chi connectivity index (χ1) is 13.1. The number of hydrogen-bond donors (Lipinski definition) is 3. The summed E-state index contributed by atoms with van der Waals surface area (Å²) in [6.45, 7) is 1.24. The van der Waals surface area contributed by atoms with Crippen molar-refractivity contribution >= 4 is 5.91 Å². The lowest BCUT2D eigenvalue weighted by Crippen LogP contribution is -2.61. The number of aliphatic hydroxyl groups excluding tert-OH is 1. The minimum absolute atomic E-state index is 0.0201. The van der Waals surface area contributed by atoms with Crippen LogP contribution in [-0.4, -0.2) is 37.3 Å². The number of β-amino-alcohol motifs (C(OH)–C–C–N with tert-alkyl or cyclic N) is 1. The van der Waals surface area contributed by atoms with Crippen molar-refractivity contribution in [2.24, 2.45) is 0 Å². The van der Waals surface area contributed by atoms with Gasteiger partial charge in [0, 0.05) is 13.0 Å². The Balaban J connectivity index is 1.61. The Morgan fingerprint density at radius 2 is 1.96 bits per heavy atom. The van der Waals surface area contributed by atoms with E-state index < -0.39 is 11.6 Å². The minimum Gasteiger partial charge on any atom is -0.497 e. The maximum Gasteiger partial charge on any atom is 0.220 e. The number of carbonyl (C=O) groups is 1. The second-order valence-corrected chi connectivity index (χ2v) is 7.06. The summed E-state index contributed by atoms with van der Waals surface area (Å²) in [7, 11) is 1.65. The maximum absolute atomic E-state index is 12.7. The number of methoxy groups -OCH3 is 1. The molecule has 5 heteroatoms. The van der Waals surface area contributed by atoms with Crippen molar-refractivity contribution in [1.82, 2.24) is 10.6 Å². The molecule has 1 aliphatic rings. The summed E-state index contributed by atoms with van der Waals surface area (Å²) in [6.07, 6.45) is 2.04. The van der Waals surface area contributed by atoms with Crippen molar-refractivity contribution in [2.75, 3.05) is 20.2 Å². The van der Waals surface area contributed by atoms with E-state index in [1.54, 1.807) is 7.11 Å². The van der Waals surface area contributed by atoms with Crippen LogP contribution < -0.4 is 15.4 Å². The average Bonchev–Trinajstić information content (AvgIpc) is 2.71. The van der Waals surface area contributed by atoms with Gasteiger partial charge in [-0.2, -0.15) is 0 Å². The Bertz CT molecular complexity index is 733. The SMILES string of the molecule is COc1ccc(CCCC(=O)N[C@@]2(c3ccccc3)CCNC[C@H]2O)cc1. The lowest BCUT2D eigenvalue weighted by Gasteiger charge is -2.43. The molecule has 0 aliphatic carbocycles. The third-order valence-corrected chi connectivity index (χ3v) is 5.28. The van der Waals surface area contributed by atoms with Gasteiger partial charge in [0.2, 0.25) is 5.91 Å². The molecule has 2 aromatic rings. The third kappa shape index (κ3) is 4.67. The highest BCUT2D eigenvalue weighted by Gasteiger charge is 2.42. The molecule has 3 N–H and O–H groups in total. The zero-order valence-electron chi connectivity index (χ0n) is 15.8. The molecule has 1 amide bonds. The van der Waals surface area contributed by atoms with E-state index >= 15 is 0 Å². The Hall–Kier alpha value is -2.37. The molecule has 27 heavy (non-hydrogen) atoms. The summed E-state index contributed by atoms with van der Waals surface area (Å²) in [5.41, 5.74) is 1.43. The molecule has 0 aromatic heterocycles. The van der Waals surface area contributed by atoms with Crippen LogP contribution in [0.3, 0.4) is 0 Å². The minimum atomic E-state index is -0.719. The molecule has 3 rings (SSSR count). The summed E-state index contributed by atoms with van der Waals surface area (Å²) >= 11 is 0. The fraction of sp³-hybridized carbons (Fsp3) is 0.409. The van der Waals surface area contributed by atoms with E-state index in [-0.39, 0.29) is 5.91 Å². The number of piperidine rings is 1. The lowest BCUT2D eigenvalue weighted by molar-refractivity contribution is -0.125. The molecular formula is C22H28N2O3. The van der Waals surface area contributed by atoms with Gasteiger partial charge >= 0.3 is 0 Å². The first-order valence-corrected chi connectivity index (χ1v) is 9.52. The van der Waals surface area contributed by atoms with Gasteiger partial charge in [-0.15, -0.1) is 0 Å². The standard InChI is InChI=1S/C22H28N2O3/c1-27-19-12-10-17(11-13-19)6-5-9-21(26)24-22(14-15-23-16-20(22)25)18-7-3-2-4-8-18/h2-4,7-8,10-13,20,23,25H,5-6,9,14-16H2,1H3,(H,24,26)/t20-,22-/m1/s1. The van der Waals surface area contributed by atoms with Crippen LogP contribution in [-0.2, 0) is 16.8 Å². The number of aryl methyl sites for hydroxylation is 1. The predicted octanol–water partition coefficient (Wildman–Crippen LogP) is 2.38. The van der Waals surface area contributed by atoms with Crippen LogP contribution in [0.25, 0.3) is 0 Å². The highest BCUT2D eigenvalue weighted by molar-refractivity contribution is 5.77. The lowest BCUT2D eigenvalue weighted by atomic mass is 9.79. The van der Waals surface area contributed by atoms with Gasteiger partial charge in [-0.25, -0.2) is 0 Å². The van der Waals surface area contributed by atoms with Crippen LogP contribution in [0.2, 0.25) is 0 Å². The number of rotatable bonds is 7. The van der Waals surface area contributed by atoms with Crippen LogP contribution in [0.4, 0.5) is 0 Å². The fourth-order valence-electron chi connectivity index (χ4n) is 3.71. The number of hydrogen-bond acceptors (Lipinski definition) is 4. The number of benzene rings is 2. The molecule has 1 heterocycles. The van der Waals surface area contributed by atoms with Crippen LogP contribution >= 0.6 is 0 Å². The van der Waals surface area contributed by atoms with Gasteiger partial charge in [0.25, 0.3) is 0 Å². The van der Waals surface area contributed by atoms with Crippen molar-refractivity contribution in [3.63, 3.8) is 0 Å². The molecule has 2 atom stereocenters. The normalized spacial score (nSPS) is 22.2. The van der Waals surface area contributed by atoms with Gasteiger partial charge in [0.1, 0.15) is 5.75 Å². The first kappa shape index (κ1) is 19.4. The van der Waals surface area contributed by atoms with Crippen molar-refractivity contribution in [1.29, 1.82) is 0 Å². The van der Waals surface area contributed by atoms with E-state index in [0.717, 1.165) is 30.7 Å². The van der Waals surface area contributed by atoms with Gasteiger partial charge in [0.05, 0.1) is 18.8 Å². The Labute approximate surface area is 160 Å². The van der Waals surface area contributed by atoms with E-state index in [1.807, 2.05) is 54.6 Å². The number of amides is 1.